The van der Waals surface area contributed by atoms with Gasteiger partial charge in [0.1, 0.15) is 0 Å². The number of allylic oxidation sites excluding steroid dienone is 8. The van der Waals surface area contributed by atoms with Crippen molar-refractivity contribution in [2.24, 2.45) is 0 Å². The molecule has 4 N–H and O–H groups in total. The largest absolute Gasteiger partial charge is 0.512 e. The van der Waals surface area contributed by atoms with Gasteiger partial charge in [0, 0.05) is 169 Å². The van der Waals surface area contributed by atoms with E-state index < -0.39 is 0 Å². The third-order valence-corrected chi connectivity index (χ3v) is 18.2. The third-order valence-electron chi connectivity index (χ3n) is 18.2. The van der Waals surface area contributed by atoms with Crippen LogP contribution in [0.3, 0.4) is 0 Å². The van der Waals surface area contributed by atoms with Crippen molar-refractivity contribution in [2.75, 3.05) is 0 Å². The van der Waals surface area contributed by atoms with E-state index in [1.807, 2.05) is 200 Å². The second kappa shape index (κ2) is 62.6. The van der Waals surface area contributed by atoms with Crippen molar-refractivity contribution in [3.8, 4) is 78.8 Å². The van der Waals surface area contributed by atoms with Gasteiger partial charge in [0.05, 0.1) is 62.4 Å². The number of aryl methyl sites for hydroxylation is 2. The molecular weight excluding hydrogens is 2730 g/mol. The van der Waals surface area contributed by atoms with Crippen LogP contribution in [0.25, 0.3) is 122 Å². The first-order valence-electron chi connectivity index (χ1n) is 40.9. The monoisotopic (exact) mass is 2840 g/mol. The van der Waals surface area contributed by atoms with Crippen molar-refractivity contribution in [3.05, 3.63) is 411 Å². The average molecular weight is 2840 g/mol. The Bertz CT molecular complexity index is 6050. The smallest absolute Gasteiger partial charge is 0.155 e. The summed E-state index contributed by atoms with van der Waals surface area (Å²) >= 11 is 0. The van der Waals surface area contributed by atoms with Gasteiger partial charge in [-0.3, -0.25) is 44.1 Å². The first kappa shape index (κ1) is 117. The van der Waals surface area contributed by atoms with E-state index in [4.69, 9.17) is 40.4 Å². The van der Waals surface area contributed by atoms with E-state index in [-0.39, 0.29) is 172 Å². The molecule has 0 fully saturated rings. The number of para-hydroxylation sites is 3. The topological polar surface area (TPSA) is 239 Å². The number of rotatable bonds is 11. The molecule has 11 aromatic carbocycles. The summed E-state index contributed by atoms with van der Waals surface area (Å²) in [6.45, 7) is 21.2. The predicted octanol–water partition coefficient (Wildman–Crippen LogP) is 26.4. The van der Waals surface area contributed by atoms with Crippen LogP contribution in [-0.4, -0.2) is 78.4 Å². The van der Waals surface area contributed by atoms with E-state index in [0.717, 1.165) is 114 Å². The number of carbonyl (C=O) groups excluding carboxylic acids is 4. The van der Waals surface area contributed by atoms with Crippen LogP contribution in [0.1, 0.15) is 106 Å². The minimum atomic E-state index is -0.125. The Morgan fingerprint density at radius 2 is 0.636 bits per heavy atom. The Kier molecular flexibility index (Phi) is 55.6. The summed E-state index contributed by atoms with van der Waals surface area (Å²) in [6, 6.07) is 116. The minimum absolute atomic E-state index is 0. The van der Waals surface area contributed by atoms with Gasteiger partial charge in [-0.15, -0.1) is 179 Å². The molecule has 1 aliphatic carbocycles. The predicted molar refractivity (Wildman–Crippen MR) is 518 cm³/mol. The van der Waals surface area contributed by atoms with Gasteiger partial charge in [0.2, 0.25) is 0 Å². The maximum Gasteiger partial charge on any atom is 0.155 e. The molecule has 15 nitrogen and oxygen atoms in total. The third kappa shape index (κ3) is 39.6. The fraction of sp³-hybridized carbons (Fsp3) is 0.145. The molecule has 0 bridgehead atoms. The molecule has 0 saturated carbocycles. The van der Waals surface area contributed by atoms with Gasteiger partial charge < -0.3 is 46.3 Å². The Hall–Kier alpha value is -10.8. The molecule has 0 aliphatic heterocycles. The van der Waals surface area contributed by atoms with E-state index in [0.29, 0.717) is 0 Å². The molecule has 5 heterocycles. The molecule has 16 aromatic rings. The molecule has 0 spiro atoms. The number of nitrogens with zero attached hydrogens (tertiary/aromatic N) is 7. The normalized spacial score (nSPS) is 10.9. The first-order chi connectivity index (χ1) is 60.8. The van der Waals surface area contributed by atoms with Gasteiger partial charge in [-0.25, -0.2) is 0 Å². The second-order valence-electron chi connectivity index (χ2n) is 29.7. The van der Waals surface area contributed by atoms with Gasteiger partial charge in [-0.05, 0) is 172 Å². The molecule has 132 heavy (non-hydrogen) atoms. The number of hydrogen-bond acceptors (Lipinski definition) is 15. The van der Waals surface area contributed by atoms with Crippen LogP contribution in [0.5, 0.6) is 0 Å². The summed E-state index contributed by atoms with van der Waals surface area (Å²) in [5.41, 5.74) is 20.6. The molecule has 0 saturated heterocycles. The number of aromatic nitrogens is 7. The van der Waals surface area contributed by atoms with Gasteiger partial charge in [0.25, 0.3) is 0 Å². The Labute approximate surface area is 859 Å². The summed E-state index contributed by atoms with van der Waals surface area (Å²) < 4.78 is 0. The van der Waals surface area contributed by atoms with E-state index in [1.54, 1.807) is 0 Å². The van der Waals surface area contributed by atoms with E-state index in [1.165, 1.54) is 131 Å². The average Bonchev–Trinajstić information content (AvgIpc) is 0.788. The zero-order valence-electron chi connectivity index (χ0n) is 74.9. The van der Waals surface area contributed by atoms with Gasteiger partial charge in [0.15, 0.2) is 23.1 Å². The quantitative estimate of drug-likeness (QED) is 0.0407. The molecule has 6 radical (unpaired) electrons. The van der Waals surface area contributed by atoms with Gasteiger partial charge in [-0.1, -0.05) is 172 Å². The van der Waals surface area contributed by atoms with E-state index >= 15 is 0 Å². The molecule has 0 amide bonds. The van der Waals surface area contributed by atoms with E-state index in [9.17, 15) is 19.2 Å². The van der Waals surface area contributed by atoms with Crippen molar-refractivity contribution in [1.82, 2.24) is 34.9 Å². The maximum absolute atomic E-state index is 10.0. The summed E-state index contributed by atoms with van der Waals surface area (Å²) in [6.07, 6.45) is 12.9. The maximum atomic E-state index is 10.0. The SMILES string of the molecule is CC(=O)C=C(C)O.CC(=O)C=C(C)O.CC(=O)C=C(C)O.CC(=O)C=C(C)O.CC(C)(C)c1c[c-]c(-c2nccc3ccccc23)cc1.[CH2-]P.[Ir].[Ir].[Ir].[Ir].[Ir].[Ir].[c-]1ccccc1-c1ccc2ccccc2n1.[c-]1ccccc1-c1nc2c(nc1-c1ccccc1)CCCC2.[c-]1ccccc1-c1nc2ccccc2nc1-c1ccccc1.[c-]1ccccc1-c1nccc2ccccc12. The van der Waals surface area contributed by atoms with Crippen LogP contribution in [0.4, 0.5) is 0 Å². The van der Waals surface area contributed by atoms with Crippen LogP contribution in [0.15, 0.2) is 357 Å². The minimum Gasteiger partial charge on any atom is -0.512 e. The van der Waals surface area contributed by atoms with Crippen molar-refractivity contribution < 1.29 is 160 Å². The molecule has 5 aromatic heterocycles. The number of ketones is 4. The molecule has 1 unspecified atom stereocenters. The van der Waals surface area contributed by atoms with Crippen LogP contribution in [0.2, 0.25) is 0 Å². The molecule has 22 heteroatoms. The van der Waals surface area contributed by atoms with Crippen molar-refractivity contribution in [2.45, 2.75) is 107 Å². The summed E-state index contributed by atoms with van der Waals surface area (Å²) in [4.78, 5) is 73.3. The van der Waals surface area contributed by atoms with Crippen molar-refractivity contribution in [1.29, 1.82) is 0 Å². The van der Waals surface area contributed by atoms with Crippen molar-refractivity contribution in [3.63, 3.8) is 0 Å². The number of pyridine rings is 3. The first-order valence-corrected chi connectivity index (χ1v) is 41.7. The van der Waals surface area contributed by atoms with Crippen LogP contribution in [-0.2, 0) is 158 Å². The number of benzene rings is 11. The molecule has 1 aliphatic rings. The molecule has 17 rings (SSSR count). The van der Waals surface area contributed by atoms with E-state index in [2.05, 4.69) is 191 Å². The Morgan fingerprint density at radius 1 is 0.318 bits per heavy atom. The van der Waals surface area contributed by atoms with Crippen molar-refractivity contribution >= 4 is 75.9 Å². The zero-order valence-corrected chi connectivity index (χ0v) is 90.4. The second-order valence-corrected chi connectivity index (χ2v) is 29.7. The Morgan fingerprint density at radius 3 is 0.992 bits per heavy atom. The standard InChI is InChI=1S/C20H17N2.C20H13N2.C19H18N.2C15H10N.4C5H8O2.CH4P.6Ir/c2*1-3-9-15(10-4-1)19-20(16-11-5-2-6-12-16)22-18-14-8-7-13-17(18)21-19;1-19(2,3)16-10-8-15(9-11-16)18-17-7-5-4-6-14(17)12-13-20-18;1-2-7-13(8-3-1)15-14-9-5-4-6-12(14)10-11-16-15;1-2-6-12(7-3-1)15-11-10-13-8-4-5-9-14(13)16-15;4*1-4(6)3-5(2)7;1-2;;;;;;/h1-6,9-11H,7-8,13-14H2;1-11,13-14H;4-8,10-13H,1-3H3;1-7,9-11H;1-6,8-11H;4*3,6H,1-2H3;1-2H2;;;;;;/q5*-1;;;;;-1;;;;;;. The summed E-state index contributed by atoms with van der Waals surface area (Å²) in [5, 5.41) is 39.4. The zero-order chi connectivity index (χ0) is 90.8. The molecule has 1 atom stereocenters. The molecular formula is C110H104Ir6N7O8P-6. The fourth-order valence-corrected chi connectivity index (χ4v) is 12.7. The van der Waals surface area contributed by atoms with Crippen LogP contribution >= 0.6 is 9.24 Å². The number of carbonyl (C=O) groups is 4. The Balaban J connectivity index is 0.000000515. The summed E-state index contributed by atoms with van der Waals surface area (Å²) in [7, 11) is 2.17. The van der Waals surface area contributed by atoms with Gasteiger partial charge in [-0.2, -0.15) is 0 Å². The number of hydrogen-bond donors (Lipinski definition) is 4. The van der Waals surface area contributed by atoms with Crippen LogP contribution < -0.4 is 0 Å². The molecule has 692 valence electrons. The van der Waals surface area contributed by atoms with Gasteiger partial charge >= 0.3 is 0 Å². The summed E-state index contributed by atoms with van der Waals surface area (Å²) in [5.74, 6) is -0.250. The number of fused-ring (bicyclic) bond motifs is 5. The number of aliphatic hydroxyl groups is 4. The van der Waals surface area contributed by atoms with Crippen LogP contribution in [0, 0.1) is 37.0 Å². The number of aliphatic hydroxyl groups excluding tert-OH is 4. The fourth-order valence-electron chi connectivity index (χ4n) is 12.7.